The number of aromatic nitrogens is 1. The lowest BCUT2D eigenvalue weighted by Gasteiger charge is -2.21. The van der Waals surface area contributed by atoms with Crippen LogP contribution >= 0.6 is 0 Å². The Labute approximate surface area is 132 Å². The van der Waals surface area contributed by atoms with Crippen LogP contribution in [0.4, 0.5) is 11.4 Å². The normalized spacial score (nSPS) is 10.4. The van der Waals surface area contributed by atoms with Gasteiger partial charge in [-0.15, -0.1) is 0 Å². The van der Waals surface area contributed by atoms with Crippen molar-refractivity contribution in [3.8, 4) is 0 Å². The van der Waals surface area contributed by atoms with E-state index in [2.05, 4.69) is 29.0 Å². The summed E-state index contributed by atoms with van der Waals surface area (Å²) in [7, 11) is 0. The zero-order chi connectivity index (χ0) is 16.1. The molecule has 4 heteroatoms. The van der Waals surface area contributed by atoms with E-state index in [-0.39, 0.29) is 5.91 Å². The van der Waals surface area contributed by atoms with Gasteiger partial charge in [0.05, 0.1) is 17.4 Å². The van der Waals surface area contributed by atoms with Crippen molar-refractivity contribution in [2.75, 3.05) is 23.3 Å². The molecule has 0 saturated heterocycles. The maximum absolute atomic E-state index is 12.5. The molecule has 1 aromatic carbocycles. The van der Waals surface area contributed by atoms with Crippen LogP contribution in [0.2, 0.25) is 0 Å². The summed E-state index contributed by atoms with van der Waals surface area (Å²) < 4.78 is 0. The van der Waals surface area contributed by atoms with Gasteiger partial charge in [-0.1, -0.05) is 18.2 Å². The minimum atomic E-state index is -0.126. The molecule has 0 saturated carbocycles. The number of carbonyl (C=O) groups excluding carboxylic acids is 1. The topological polar surface area (TPSA) is 45.2 Å². The first-order chi connectivity index (χ1) is 10.6. The average Bonchev–Trinajstić information content (AvgIpc) is 2.52. The number of rotatable bonds is 5. The number of aryl methyl sites for hydroxylation is 2. The summed E-state index contributed by atoms with van der Waals surface area (Å²) in [6, 6.07) is 7.87. The summed E-state index contributed by atoms with van der Waals surface area (Å²) in [4.78, 5) is 18.9. The summed E-state index contributed by atoms with van der Waals surface area (Å²) >= 11 is 0. The van der Waals surface area contributed by atoms with Crippen molar-refractivity contribution in [3.05, 3.63) is 53.3 Å². The summed E-state index contributed by atoms with van der Waals surface area (Å²) in [5.74, 6) is -0.126. The highest BCUT2D eigenvalue weighted by Gasteiger charge is 2.12. The van der Waals surface area contributed by atoms with Crippen molar-refractivity contribution >= 4 is 17.3 Å². The number of carbonyl (C=O) groups is 1. The Hall–Kier alpha value is -2.36. The lowest BCUT2D eigenvalue weighted by molar-refractivity contribution is 0.102. The highest BCUT2D eigenvalue weighted by Crippen LogP contribution is 2.21. The largest absolute Gasteiger partial charge is 0.371 e. The van der Waals surface area contributed by atoms with Crippen molar-refractivity contribution in [3.63, 3.8) is 0 Å². The summed E-state index contributed by atoms with van der Waals surface area (Å²) in [5, 5.41) is 3.00. The standard InChI is InChI=1S/C18H23N3O/c1-5-21(6-2)16-10-15(11-19-12-16)18(22)20-17-13(3)8-7-9-14(17)4/h7-12H,5-6H2,1-4H3,(H,20,22). The summed E-state index contributed by atoms with van der Waals surface area (Å²) in [6.45, 7) is 9.94. The Morgan fingerprint density at radius 2 is 1.77 bits per heavy atom. The summed E-state index contributed by atoms with van der Waals surface area (Å²) in [5.41, 5.74) is 4.54. The first kappa shape index (κ1) is 16.0. The molecule has 2 aromatic rings. The maximum atomic E-state index is 12.5. The van der Waals surface area contributed by atoms with Gasteiger partial charge in [0.25, 0.3) is 5.91 Å². The van der Waals surface area contributed by atoms with Gasteiger partial charge in [0, 0.05) is 25.0 Å². The highest BCUT2D eigenvalue weighted by atomic mass is 16.1. The Kier molecular flexibility index (Phi) is 5.15. The van der Waals surface area contributed by atoms with Gasteiger partial charge in [0.2, 0.25) is 0 Å². The number of benzene rings is 1. The fourth-order valence-corrected chi connectivity index (χ4v) is 2.51. The molecule has 0 aliphatic carbocycles. The van der Waals surface area contributed by atoms with E-state index in [4.69, 9.17) is 0 Å². The Bertz CT molecular complexity index is 643. The minimum absolute atomic E-state index is 0.126. The molecule has 1 heterocycles. The zero-order valence-electron chi connectivity index (χ0n) is 13.7. The van der Waals surface area contributed by atoms with Gasteiger partial charge in [-0.3, -0.25) is 9.78 Å². The Morgan fingerprint density at radius 3 is 2.36 bits per heavy atom. The van der Waals surface area contributed by atoms with Gasteiger partial charge < -0.3 is 10.2 Å². The Morgan fingerprint density at radius 1 is 1.14 bits per heavy atom. The van der Waals surface area contributed by atoms with Crippen LogP contribution in [0.3, 0.4) is 0 Å². The number of pyridine rings is 1. The van der Waals surface area contributed by atoms with Gasteiger partial charge in [0.1, 0.15) is 0 Å². The van der Waals surface area contributed by atoms with Crippen LogP contribution in [0.5, 0.6) is 0 Å². The third-order valence-electron chi connectivity index (χ3n) is 3.83. The van der Waals surface area contributed by atoms with E-state index in [0.29, 0.717) is 5.56 Å². The third kappa shape index (κ3) is 3.45. The van der Waals surface area contributed by atoms with Crippen molar-refractivity contribution in [1.82, 2.24) is 4.98 Å². The van der Waals surface area contributed by atoms with E-state index in [9.17, 15) is 4.79 Å². The lowest BCUT2D eigenvalue weighted by atomic mass is 10.1. The molecule has 0 spiro atoms. The highest BCUT2D eigenvalue weighted by molar-refractivity contribution is 6.05. The number of amides is 1. The lowest BCUT2D eigenvalue weighted by Crippen LogP contribution is -2.23. The van der Waals surface area contributed by atoms with Gasteiger partial charge in [-0.25, -0.2) is 0 Å². The SMILES string of the molecule is CCN(CC)c1cncc(C(=O)Nc2c(C)cccc2C)c1. The monoisotopic (exact) mass is 297 g/mol. The molecule has 0 unspecified atom stereocenters. The molecule has 116 valence electrons. The van der Waals surface area contributed by atoms with Crippen LogP contribution in [-0.2, 0) is 0 Å². The molecule has 0 fully saturated rings. The van der Waals surface area contributed by atoms with Crippen LogP contribution in [0, 0.1) is 13.8 Å². The van der Waals surface area contributed by atoms with Crippen molar-refractivity contribution < 1.29 is 4.79 Å². The molecule has 22 heavy (non-hydrogen) atoms. The van der Waals surface area contributed by atoms with Crippen LogP contribution in [0.25, 0.3) is 0 Å². The van der Waals surface area contributed by atoms with Gasteiger partial charge in [0.15, 0.2) is 0 Å². The molecule has 0 bridgehead atoms. The van der Waals surface area contributed by atoms with Crippen LogP contribution in [0.15, 0.2) is 36.7 Å². The number of para-hydroxylation sites is 1. The molecule has 1 aromatic heterocycles. The molecule has 4 nitrogen and oxygen atoms in total. The minimum Gasteiger partial charge on any atom is -0.371 e. The number of hydrogen-bond donors (Lipinski definition) is 1. The molecule has 2 rings (SSSR count). The molecule has 0 atom stereocenters. The zero-order valence-corrected chi connectivity index (χ0v) is 13.7. The molecule has 1 N–H and O–H groups in total. The van der Waals surface area contributed by atoms with E-state index in [0.717, 1.165) is 35.6 Å². The fraction of sp³-hybridized carbons (Fsp3) is 0.333. The van der Waals surface area contributed by atoms with Crippen molar-refractivity contribution in [2.45, 2.75) is 27.7 Å². The number of hydrogen-bond acceptors (Lipinski definition) is 3. The smallest absolute Gasteiger partial charge is 0.257 e. The number of nitrogens with zero attached hydrogens (tertiary/aromatic N) is 2. The quantitative estimate of drug-likeness (QED) is 0.913. The number of nitrogens with one attached hydrogen (secondary N) is 1. The van der Waals surface area contributed by atoms with E-state index in [1.165, 1.54) is 0 Å². The molecular formula is C18H23N3O. The van der Waals surface area contributed by atoms with Crippen LogP contribution in [-0.4, -0.2) is 24.0 Å². The van der Waals surface area contributed by atoms with E-state index >= 15 is 0 Å². The third-order valence-corrected chi connectivity index (χ3v) is 3.83. The van der Waals surface area contributed by atoms with Gasteiger partial charge in [-0.05, 0) is 44.9 Å². The van der Waals surface area contributed by atoms with Gasteiger partial charge in [-0.2, -0.15) is 0 Å². The molecular weight excluding hydrogens is 274 g/mol. The average molecular weight is 297 g/mol. The Balaban J connectivity index is 2.25. The van der Waals surface area contributed by atoms with Crippen LogP contribution in [0.1, 0.15) is 35.3 Å². The molecule has 0 aliphatic heterocycles. The fourth-order valence-electron chi connectivity index (χ4n) is 2.51. The second kappa shape index (κ2) is 7.07. The first-order valence-corrected chi connectivity index (χ1v) is 7.64. The molecule has 0 aliphatic rings. The first-order valence-electron chi connectivity index (χ1n) is 7.64. The second-order valence-corrected chi connectivity index (χ2v) is 5.33. The molecule has 1 amide bonds. The van der Waals surface area contributed by atoms with E-state index in [1.807, 2.05) is 38.1 Å². The van der Waals surface area contributed by atoms with E-state index in [1.54, 1.807) is 12.4 Å². The van der Waals surface area contributed by atoms with Gasteiger partial charge >= 0.3 is 0 Å². The number of anilines is 2. The van der Waals surface area contributed by atoms with Crippen molar-refractivity contribution in [1.29, 1.82) is 0 Å². The maximum Gasteiger partial charge on any atom is 0.257 e. The molecule has 0 radical (unpaired) electrons. The predicted octanol–water partition coefficient (Wildman–Crippen LogP) is 3.80. The van der Waals surface area contributed by atoms with Crippen LogP contribution < -0.4 is 10.2 Å². The second-order valence-electron chi connectivity index (χ2n) is 5.33. The summed E-state index contributed by atoms with van der Waals surface area (Å²) in [6.07, 6.45) is 3.40. The van der Waals surface area contributed by atoms with Crippen molar-refractivity contribution in [2.24, 2.45) is 0 Å². The van der Waals surface area contributed by atoms with E-state index < -0.39 is 0 Å². The predicted molar refractivity (Wildman–Crippen MR) is 91.7 cm³/mol.